The van der Waals surface area contributed by atoms with E-state index in [1.807, 2.05) is 49.9 Å². The standard InChI is InChI=1S/C22H23N7O/c1-13-20-17(11-18(16-4-5-16)26-21(20)28(3)27-13)22(30)25-12-15-6-7-24-19(10-15)29-9-8-23-14(29)2/h6-11,16H,4-5,12H2,1-3H3,(H,25,30). The third kappa shape index (κ3) is 3.24. The average molecular weight is 401 g/mol. The van der Waals surface area contributed by atoms with Crippen LogP contribution in [-0.4, -0.2) is 35.2 Å². The van der Waals surface area contributed by atoms with E-state index in [9.17, 15) is 4.79 Å². The van der Waals surface area contributed by atoms with Gasteiger partial charge in [0.05, 0.1) is 16.6 Å². The molecule has 152 valence electrons. The molecule has 0 radical (unpaired) electrons. The van der Waals surface area contributed by atoms with Crippen molar-refractivity contribution in [2.45, 2.75) is 39.2 Å². The average Bonchev–Trinajstić information content (AvgIpc) is 3.45. The molecule has 0 atom stereocenters. The maximum atomic E-state index is 13.1. The first kappa shape index (κ1) is 18.5. The molecule has 8 heteroatoms. The highest BCUT2D eigenvalue weighted by molar-refractivity contribution is 6.06. The van der Waals surface area contributed by atoms with Gasteiger partial charge in [0.15, 0.2) is 5.65 Å². The van der Waals surface area contributed by atoms with Crippen LogP contribution < -0.4 is 5.32 Å². The van der Waals surface area contributed by atoms with Crippen LogP contribution in [0.4, 0.5) is 0 Å². The lowest BCUT2D eigenvalue weighted by Crippen LogP contribution is -2.23. The molecule has 1 aliphatic carbocycles. The molecule has 8 nitrogen and oxygen atoms in total. The van der Waals surface area contributed by atoms with Crippen molar-refractivity contribution in [3.05, 3.63) is 65.1 Å². The number of pyridine rings is 2. The zero-order valence-electron chi connectivity index (χ0n) is 17.3. The normalized spacial score (nSPS) is 13.7. The van der Waals surface area contributed by atoms with Gasteiger partial charge < -0.3 is 5.32 Å². The predicted molar refractivity (Wildman–Crippen MR) is 112 cm³/mol. The van der Waals surface area contributed by atoms with Crippen molar-refractivity contribution < 1.29 is 4.79 Å². The van der Waals surface area contributed by atoms with E-state index in [0.717, 1.165) is 52.5 Å². The Balaban J connectivity index is 1.42. The van der Waals surface area contributed by atoms with E-state index in [4.69, 9.17) is 4.98 Å². The number of imidazole rings is 1. The van der Waals surface area contributed by atoms with Crippen molar-refractivity contribution in [2.75, 3.05) is 0 Å². The lowest BCUT2D eigenvalue weighted by molar-refractivity contribution is 0.0952. The van der Waals surface area contributed by atoms with Crippen LogP contribution >= 0.6 is 0 Å². The zero-order chi connectivity index (χ0) is 20.8. The van der Waals surface area contributed by atoms with Gasteiger partial charge in [-0.1, -0.05) is 0 Å². The second kappa shape index (κ2) is 7.05. The van der Waals surface area contributed by atoms with Gasteiger partial charge in [-0.25, -0.2) is 15.0 Å². The van der Waals surface area contributed by atoms with Gasteiger partial charge in [-0.05, 0) is 50.5 Å². The SMILES string of the molecule is Cc1nn(C)c2nc(C3CC3)cc(C(=O)NCc3ccnc(-n4ccnc4C)c3)c12. The number of aromatic nitrogens is 6. The number of nitrogens with one attached hydrogen (secondary N) is 1. The molecule has 1 fully saturated rings. The first-order valence-electron chi connectivity index (χ1n) is 10.1. The number of hydrogen-bond donors (Lipinski definition) is 1. The van der Waals surface area contributed by atoms with Crippen molar-refractivity contribution >= 4 is 16.9 Å². The lowest BCUT2D eigenvalue weighted by Gasteiger charge is -2.10. The summed E-state index contributed by atoms with van der Waals surface area (Å²) in [5.41, 5.74) is 4.18. The number of carbonyl (C=O) groups is 1. The van der Waals surface area contributed by atoms with Gasteiger partial charge in [0, 0.05) is 43.8 Å². The highest BCUT2D eigenvalue weighted by Gasteiger charge is 2.28. The molecular weight excluding hydrogens is 378 g/mol. The van der Waals surface area contributed by atoms with E-state index in [2.05, 4.69) is 20.4 Å². The lowest BCUT2D eigenvalue weighted by atomic mass is 10.1. The van der Waals surface area contributed by atoms with Crippen molar-refractivity contribution in [3.8, 4) is 5.82 Å². The second-order valence-corrected chi connectivity index (χ2v) is 7.83. The Kier molecular flexibility index (Phi) is 4.34. The molecule has 1 N–H and O–H groups in total. The highest BCUT2D eigenvalue weighted by atomic mass is 16.1. The molecule has 30 heavy (non-hydrogen) atoms. The Hall–Kier alpha value is -3.55. The third-order valence-corrected chi connectivity index (χ3v) is 5.56. The van der Waals surface area contributed by atoms with Crippen LogP contribution in [0.15, 0.2) is 36.8 Å². The van der Waals surface area contributed by atoms with Gasteiger partial charge in [0.2, 0.25) is 0 Å². The molecule has 0 spiro atoms. The fourth-order valence-electron chi connectivity index (χ4n) is 3.83. The number of amides is 1. The first-order chi connectivity index (χ1) is 14.5. The monoisotopic (exact) mass is 401 g/mol. The van der Waals surface area contributed by atoms with Crippen molar-refractivity contribution in [3.63, 3.8) is 0 Å². The summed E-state index contributed by atoms with van der Waals surface area (Å²) in [5.74, 6) is 1.99. The van der Waals surface area contributed by atoms with Gasteiger partial charge in [0.1, 0.15) is 11.6 Å². The molecule has 1 saturated carbocycles. The Morgan fingerprint density at radius 2 is 2.03 bits per heavy atom. The van der Waals surface area contributed by atoms with Crippen LogP contribution in [0.2, 0.25) is 0 Å². The minimum atomic E-state index is -0.113. The van der Waals surface area contributed by atoms with E-state index in [1.54, 1.807) is 17.1 Å². The molecule has 5 rings (SSSR count). The summed E-state index contributed by atoms with van der Waals surface area (Å²) in [6.45, 7) is 4.25. The summed E-state index contributed by atoms with van der Waals surface area (Å²) in [6.07, 6.45) is 7.62. The maximum absolute atomic E-state index is 13.1. The molecule has 0 aromatic carbocycles. The summed E-state index contributed by atoms with van der Waals surface area (Å²) >= 11 is 0. The fraction of sp³-hybridized carbons (Fsp3) is 0.318. The highest BCUT2D eigenvalue weighted by Crippen LogP contribution is 2.40. The third-order valence-electron chi connectivity index (χ3n) is 5.56. The molecule has 1 amide bonds. The Bertz CT molecular complexity index is 1270. The molecule has 1 aliphatic rings. The summed E-state index contributed by atoms with van der Waals surface area (Å²) in [5, 5.41) is 8.36. The van der Waals surface area contributed by atoms with Crippen LogP contribution in [0, 0.1) is 13.8 Å². The van der Waals surface area contributed by atoms with Crippen LogP contribution in [-0.2, 0) is 13.6 Å². The topological polar surface area (TPSA) is 90.5 Å². The van der Waals surface area contributed by atoms with Crippen molar-refractivity contribution in [1.82, 2.24) is 34.6 Å². The van der Waals surface area contributed by atoms with E-state index >= 15 is 0 Å². The summed E-state index contributed by atoms with van der Waals surface area (Å²) < 4.78 is 3.68. The largest absolute Gasteiger partial charge is 0.348 e. The molecule has 0 aliphatic heterocycles. The van der Waals surface area contributed by atoms with Gasteiger partial charge in [-0.3, -0.25) is 14.0 Å². The molecule has 4 heterocycles. The molecule has 4 aromatic rings. The second-order valence-electron chi connectivity index (χ2n) is 7.83. The van der Waals surface area contributed by atoms with Gasteiger partial charge in [0.25, 0.3) is 5.91 Å². The zero-order valence-corrected chi connectivity index (χ0v) is 17.3. The van der Waals surface area contributed by atoms with Crippen molar-refractivity contribution in [1.29, 1.82) is 0 Å². The van der Waals surface area contributed by atoms with E-state index < -0.39 is 0 Å². The molecule has 4 aromatic heterocycles. The summed E-state index contributed by atoms with van der Waals surface area (Å²) in [7, 11) is 1.87. The Labute approximate surface area is 174 Å². The van der Waals surface area contributed by atoms with Crippen LogP contribution in [0.3, 0.4) is 0 Å². The molecule has 0 bridgehead atoms. The van der Waals surface area contributed by atoms with E-state index in [0.29, 0.717) is 18.0 Å². The summed E-state index contributed by atoms with van der Waals surface area (Å²) in [6, 6.07) is 5.81. The number of fused-ring (bicyclic) bond motifs is 1. The number of nitrogens with zero attached hydrogens (tertiary/aromatic N) is 6. The van der Waals surface area contributed by atoms with Gasteiger partial charge in [-0.2, -0.15) is 5.10 Å². The molecule has 0 saturated heterocycles. The minimum absolute atomic E-state index is 0.113. The number of rotatable bonds is 5. The quantitative estimate of drug-likeness (QED) is 0.555. The Morgan fingerprint density at radius 3 is 2.77 bits per heavy atom. The number of hydrogen-bond acceptors (Lipinski definition) is 5. The fourth-order valence-corrected chi connectivity index (χ4v) is 3.83. The van der Waals surface area contributed by atoms with Crippen LogP contribution in [0.25, 0.3) is 16.9 Å². The van der Waals surface area contributed by atoms with E-state index in [-0.39, 0.29) is 5.91 Å². The first-order valence-corrected chi connectivity index (χ1v) is 10.1. The van der Waals surface area contributed by atoms with Crippen LogP contribution in [0.5, 0.6) is 0 Å². The Morgan fingerprint density at radius 1 is 1.20 bits per heavy atom. The van der Waals surface area contributed by atoms with E-state index in [1.165, 1.54) is 0 Å². The predicted octanol–water partition coefficient (Wildman–Crippen LogP) is 2.97. The number of aryl methyl sites for hydroxylation is 3. The smallest absolute Gasteiger partial charge is 0.252 e. The van der Waals surface area contributed by atoms with Crippen LogP contribution in [0.1, 0.15) is 51.9 Å². The minimum Gasteiger partial charge on any atom is -0.348 e. The summed E-state index contributed by atoms with van der Waals surface area (Å²) in [4.78, 5) is 26.6. The van der Waals surface area contributed by atoms with Gasteiger partial charge in [-0.15, -0.1) is 0 Å². The van der Waals surface area contributed by atoms with Gasteiger partial charge >= 0.3 is 0 Å². The molecular formula is C22H23N7O. The van der Waals surface area contributed by atoms with Crippen molar-refractivity contribution in [2.24, 2.45) is 7.05 Å². The number of carbonyl (C=O) groups excluding carboxylic acids is 1. The molecule has 0 unspecified atom stereocenters. The maximum Gasteiger partial charge on any atom is 0.252 e.